The van der Waals surface area contributed by atoms with Gasteiger partial charge < -0.3 is 19.0 Å². The number of hydrogen-bond donors (Lipinski definition) is 1. The first kappa shape index (κ1) is 22.2. The zero-order valence-electron chi connectivity index (χ0n) is 19.2. The van der Waals surface area contributed by atoms with Crippen LogP contribution in [0.1, 0.15) is 28.6 Å². The van der Waals surface area contributed by atoms with Gasteiger partial charge in [0.05, 0.1) is 17.8 Å². The average Bonchev–Trinajstić information content (AvgIpc) is 3.43. The van der Waals surface area contributed by atoms with E-state index in [9.17, 15) is 14.7 Å². The van der Waals surface area contributed by atoms with Crippen molar-refractivity contribution in [2.75, 3.05) is 4.90 Å². The van der Waals surface area contributed by atoms with Crippen molar-refractivity contribution in [1.82, 2.24) is 4.57 Å². The number of rotatable bonds is 7. The van der Waals surface area contributed by atoms with Crippen LogP contribution in [0.2, 0.25) is 0 Å². The predicted molar refractivity (Wildman–Crippen MR) is 136 cm³/mol. The van der Waals surface area contributed by atoms with Gasteiger partial charge in [0.1, 0.15) is 17.1 Å². The van der Waals surface area contributed by atoms with Crippen molar-refractivity contribution in [2.45, 2.75) is 12.5 Å². The molecule has 0 aliphatic rings. The SMILES string of the molecule is Cn1c(=O)c(C(=O)C[C@@H](c2ccco2)N(c2ccccc2)c2ccccc2)c(O)c2ccccc21. The Hall–Kier alpha value is -4.58. The molecule has 1 atom stereocenters. The van der Waals surface area contributed by atoms with Gasteiger partial charge in [-0.1, -0.05) is 48.5 Å². The second-order valence-electron chi connectivity index (χ2n) is 8.30. The number of benzene rings is 3. The van der Waals surface area contributed by atoms with Gasteiger partial charge in [0.2, 0.25) is 0 Å². The predicted octanol–water partition coefficient (Wildman–Crippen LogP) is 5.99. The summed E-state index contributed by atoms with van der Waals surface area (Å²) < 4.78 is 7.17. The van der Waals surface area contributed by atoms with Gasteiger partial charge in [-0.2, -0.15) is 0 Å². The summed E-state index contributed by atoms with van der Waals surface area (Å²) in [5.74, 6) is -0.187. The van der Waals surface area contributed by atoms with E-state index in [1.54, 1.807) is 43.6 Å². The van der Waals surface area contributed by atoms with Crippen LogP contribution < -0.4 is 10.5 Å². The van der Waals surface area contributed by atoms with Crippen LogP contribution in [-0.2, 0) is 7.05 Å². The highest BCUT2D eigenvalue weighted by Crippen LogP contribution is 2.38. The number of Topliss-reactive ketones (excluding diaryl/α,β-unsaturated/α-hetero) is 1. The standard InChI is InChI=1S/C29H24N2O4/c1-30-23-16-9-8-15-22(23)28(33)27(29(30)34)25(32)19-24(26-17-10-18-35-26)31(20-11-4-2-5-12-20)21-13-6-3-7-14-21/h2-18,24,33H,19H2,1H3/t24-/m0/s1. The van der Waals surface area contributed by atoms with Gasteiger partial charge in [-0.3, -0.25) is 9.59 Å². The van der Waals surface area contributed by atoms with Crippen LogP contribution in [0.4, 0.5) is 11.4 Å². The molecule has 5 rings (SSSR count). The number of anilines is 2. The molecule has 6 nitrogen and oxygen atoms in total. The average molecular weight is 465 g/mol. The van der Waals surface area contributed by atoms with Gasteiger partial charge >= 0.3 is 0 Å². The fraction of sp³-hybridized carbons (Fsp3) is 0.103. The van der Waals surface area contributed by atoms with Crippen molar-refractivity contribution in [2.24, 2.45) is 7.05 Å². The molecule has 2 heterocycles. The number of fused-ring (bicyclic) bond motifs is 1. The monoisotopic (exact) mass is 464 g/mol. The molecule has 0 saturated heterocycles. The van der Waals surface area contributed by atoms with E-state index < -0.39 is 17.4 Å². The van der Waals surface area contributed by atoms with Gasteiger partial charge in [0, 0.05) is 30.2 Å². The first-order chi connectivity index (χ1) is 17.1. The Morgan fingerprint density at radius 2 is 1.49 bits per heavy atom. The smallest absolute Gasteiger partial charge is 0.265 e. The van der Waals surface area contributed by atoms with E-state index in [1.165, 1.54) is 4.57 Å². The van der Waals surface area contributed by atoms with E-state index in [1.807, 2.05) is 71.6 Å². The number of pyridine rings is 1. The van der Waals surface area contributed by atoms with E-state index >= 15 is 0 Å². The number of aryl methyl sites for hydroxylation is 1. The second kappa shape index (κ2) is 9.35. The normalized spacial score (nSPS) is 11.9. The Bertz CT molecular complexity index is 1480. The first-order valence-electron chi connectivity index (χ1n) is 11.3. The van der Waals surface area contributed by atoms with Gasteiger partial charge in [0.15, 0.2) is 5.78 Å². The molecule has 0 unspecified atom stereocenters. The van der Waals surface area contributed by atoms with Gasteiger partial charge in [0.25, 0.3) is 5.56 Å². The molecule has 35 heavy (non-hydrogen) atoms. The molecule has 0 spiro atoms. The van der Waals surface area contributed by atoms with E-state index in [-0.39, 0.29) is 17.7 Å². The Labute approximate surface area is 202 Å². The fourth-order valence-electron chi connectivity index (χ4n) is 4.49. The molecular formula is C29H24N2O4. The molecule has 6 heteroatoms. The van der Waals surface area contributed by atoms with Gasteiger partial charge in [-0.25, -0.2) is 0 Å². The van der Waals surface area contributed by atoms with Crippen LogP contribution in [0, 0.1) is 0 Å². The lowest BCUT2D eigenvalue weighted by atomic mass is 9.98. The summed E-state index contributed by atoms with van der Waals surface area (Å²) in [5.41, 5.74) is 1.54. The summed E-state index contributed by atoms with van der Waals surface area (Å²) in [7, 11) is 1.60. The Morgan fingerprint density at radius 1 is 0.886 bits per heavy atom. The number of para-hydroxylation sites is 3. The van der Waals surface area contributed by atoms with Crippen LogP contribution in [0.5, 0.6) is 5.75 Å². The lowest BCUT2D eigenvalue weighted by molar-refractivity contribution is 0.0966. The summed E-state index contributed by atoms with van der Waals surface area (Å²) >= 11 is 0. The highest BCUT2D eigenvalue weighted by Gasteiger charge is 2.30. The maximum Gasteiger partial charge on any atom is 0.265 e. The second-order valence-corrected chi connectivity index (χ2v) is 8.30. The number of ketones is 1. The quantitative estimate of drug-likeness (QED) is 0.300. The molecule has 0 bridgehead atoms. The Kier molecular flexibility index (Phi) is 5.94. The third kappa shape index (κ3) is 4.10. The molecule has 0 fully saturated rings. The maximum atomic E-state index is 13.7. The van der Waals surface area contributed by atoms with E-state index in [4.69, 9.17) is 4.42 Å². The molecule has 174 valence electrons. The molecule has 0 amide bonds. The van der Waals surface area contributed by atoms with Crippen molar-refractivity contribution >= 4 is 28.1 Å². The highest BCUT2D eigenvalue weighted by molar-refractivity contribution is 6.04. The summed E-state index contributed by atoms with van der Waals surface area (Å²) in [5, 5.41) is 11.4. The zero-order chi connectivity index (χ0) is 24.4. The van der Waals surface area contributed by atoms with Crippen LogP contribution >= 0.6 is 0 Å². The number of carbonyl (C=O) groups excluding carboxylic acids is 1. The molecule has 0 radical (unpaired) electrons. The molecular weight excluding hydrogens is 440 g/mol. The molecule has 3 aromatic carbocycles. The molecule has 0 saturated carbocycles. The fourth-order valence-corrected chi connectivity index (χ4v) is 4.49. The van der Waals surface area contributed by atoms with Gasteiger partial charge in [-0.15, -0.1) is 0 Å². The lowest BCUT2D eigenvalue weighted by Crippen LogP contribution is -2.30. The minimum atomic E-state index is -0.558. The van der Waals surface area contributed by atoms with Crippen molar-refractivity contribution in [3.8, 4) is 5.75 Å². The van der Waals surface area contributed by atoms with Crippen molar-refractivity contribution in [3.63, 3.8) is 0 Å². The number of carbonyl (C=O) groups is 1. The summed E-state index contributed by atoms with van der Waals surface area (Å²) in [6.45, 7) is 0. The molecule has 0 aliphatic heterocycles. The van der Waals surface area contributed by atoms with Crippen LogP contribution in [0.25, 0.3) is 10.9 Å². The zero-order valence-corrected chi connectivity index (χ0v) is 19.2. The minimum absolute atomic E-state index is 0.0849. The van der Waals surface area contributed by atoms with Crippen molar-refractivity contribution in [3.05, 3.63) is 125 Å². The van der Waals surface area contributed by atoms with Crippen LogP contribution in [-0.4, -0.2) is 15.5 Å². The first-order valence-corrected chi connectivity index (χ1v) is 11.3. The third-order valence-electron chi connectivity index (χ3n) is 6.19. The molecule has 5 aromatic rings. The largest absolute Gasteiger partial charge is 0.506 e. The third-order valence-corrected chi connectivity index (χ3v) is 6.19. The minimum Gasteiger partial charge on any atom is -0.506 e. The van der Waals surface area contributed by atoms with Crippen LogP contribution in [0.3, 0.4) is 0 Å². The molecule has 2 aromatic heterocycles. The van der Waals surface area contributed by atoms with Gasteiger partial charge in [-0.05, 0) is 48.5 Å². The summed E-state index contributed by atoms with van der Waals surface area (Å²) in [6, 6.07) is 29.4. The van der Waals surface area contributed by atoms with Crippen LogP contribution in [0.15, 0.2) is 113 Å². The summed E-state index contributed by atoms with van der Waals surface area (Å²) in [4.78, 5) is 28.9. The number of furan rings is 1. The van der Waals surface area contributed by atoms with Crippen molar-refractivity contribution in [1.29, 1.82) is 0 Å². The number of aromatic nitrogens is 1. The molecule has 0 aliphatic carbocycles. The Morgan fingerprint density at radius 3 is 2.09 bits per heavy atom. The van der Waals surface area contributed by atoms with E-state index in [0.29, 0.717) is 16.7 Å². The van der Waals surface area contributed by atoms with E-state index in [2.05, 4.69) is 0 Å². The summed E-state index contributed by atoms with van der Waals surface area (Å²) in [6.07, 6.45) is 1.48. The lowest BCUT2D eigenvalue weighted by Gasteiger charge is -2.32. The van der Waals surface area contributed by atoms with Crippen molar-refractivity contribution < 1.29 is 14.3 Å². The topological polar surface area (TPSA) is 75.7 Å². The highest BCUT2D eigenvalue weighted by atomic mass is 16.3. The van der Waals surface area contributed by atoms with E-state index in [0.717, 1.165) is 11.4 Å². The number of aromatic hydroxyl groups is 1. The maximum absolute atomic E-state index is 13.7. The molecule has 1 N–H and O–H groups in total. The Balaban J connectivity index is 1.64. The number of hydrogen-bond acceptors (Lipinski definition) is 5. The number of nitrogens with zero attached hydrogens (tertiary/aromatic N) is 2.